The van der Waals surface area contributed by atoms with Gasteiger partial charge in [0.05, 0.1) is 10.9 Å². The van der Waals surface area contributed by atoms with Gasteiger partial charge < -0.3 is 10.1 Å². The highest BCUT2D eigenvalue weighted by atomic mass is 35.5. The van der Waals surface area contributed by atoms with Gasteiger partial charge in [-0.05, 0) is 62.2 Å². The summed E-state index contributed by atoms with van der Waals surface area (Å²) in [6, 6.07) is 11.4. The fourth-order valence-corrected chi connectivity index (χ4v) is 3.11. The van der Waals surface area contributed by atoms with E-state index in [4.69, 9.17) is 16.3 Å². The fourth-order valence-electron chi connectivity index (χ4n) is 2.37. The van der Waals surface area contributed by atoms with Crippen molar-refractivity contribution in [2.75, 3.05) is 6.26 Å². The van der Waals surface area contributed by atoms with Gasteiger partial charge in [-0.1, -0.05) is 23.7 Å². The maximum atomic E-state index is 12.4. The normalized spacial score (nSPS) is 13.7. The molecule has 1 N–H and O–H groups in total. The second-order valence-corrected chi connectivity index (χ2v) is 8.67. The van der Waals surface area contributed by atoms with Crippen molar-refractivity contribution in [1.82, 2.24) is 5.32 Å². The molecule has 0 aromatic heterocycles. The molecule has 0 saturated heterocycles. The maximum absolute atomic E-state index is 12.4. The van der Waals surface area contributed by atoms with Crippen LogP contribution in [0, 0.1) is 6.92 Å². The first-order valence-corrected chi connectivity index (χ1v) is 10.4. The zero-order valence-corrected chi connectivity index (χ0v) is 16.7. The highest BCUT2D eigenvalue weighted by molar-refractivity contribution is 7.90. The van der Waals surface area contributed by atoms with Gasteiger partial charge in [-0.3, -0.25) is 4.79 Å². The standard InChI is InChI=1S/C19H22ClNO4S/c1-12-11-16(7-10-18(12)20)25-14(3)19(22)21-13(2)15-5-8-17(9-6-15)26(4,23)24/h5-11,13-14H,1-4H3,(H,21,22)/t13-,14-/m0/s1. The smallest absolute Gasteiger partial charge is 0.261 e. The van der Waals surface area contributed by atoms with Gasteiger partial charge in [-0.15, -0.1) is 0 Å². The topological polar surface area (TPSA) is 72.5 Å². The second kappa shape index (κ2) is 8.10. The number of sulfone groups is 1. The number of carbonyl (C=O) groups excluding carboxylic acids is 1. The van der Waals surface area contributed by atoms with Crippen LogP contribution in [0.5, 0.6) is 5.75 Å². The van der Waals surface area contributed by atoms with E-state index in [0.29, 0.717) is 10.8 Å². The third-order valence-electron chi connectivity index (χ3n) is 3.98. The van der Waals surface area contributed by atoms with Crippen LogP contribution in [0.3, 0.4) is 0 Å². The molecule has 0 aliphatic carbocycles. The number of nitrogens with one attached hydrogen (secondary N) is 1. The molecule has 2 atom stereocenters. The van der Waals surface area contributed by atoms with E-state index in [1.54, 1.807) is 37.3 Å². The third-order valence-corrected chi connectivity index (χ3v) is 5.53. The lowest BCUT2D eigenvalue weighted by molar-refractivity contribution is -0.127. The van der Waals surface area contributed by atoms with E-state index < -0.39 is 15.9 Å². The minimum Gasteiger partial charge on any atom is -0.481 e. The Labute approximate surface area is 159 Å². The van der Waals surface area contributed by atoms with Crippen LogP contribution in [-0.4, -0.2) is 26.7 Å². The van der Waals surface area contributed by atoms with Gasteiger partial charge in [0.1, 0.15) is 5.75 Å². The molecule has 2 aromatic rings. The summed E-state index contributed by atoms with van der Waals surface area (Å²) in [5.74, 6) is 0.303. The Morgan fingerprint density at radius 2 is 1.73 bits per heavy atom. The Hall–Kier alpha value is -2.05. The van der Waals surface area contributed by atoms with E-state index in [2.05, 4.69) is 5.32 Å². The predicted molar refractivity (Wildman–Crippen MR) is 102 cm³/mol. The number of hydrogen-bond acceptors (Lipinski definition) is 4. The number of rotatable bonds is 6. The first-order chi connectivity index (χ1) is 12.1. The molecule has 0 unspecified atom stereocenters. The van der Waals surface area contributed by atoms with Crippen LogP contribution in [0.25, 0.3) is 0 Å². The van der Waals surface area contributed by atoms with Gasteiger partial charge in [0.15, 0.2) is 15.9 Å². The molecule has 7 heteroatoms. The highest BCUT2D eigenvalue weighted by Gasteiger charge is 2.18. The van der Waals surface area contributed by atoms with Crippen molar-refractivity contribution in [3.8, 4) is 5.75 Å². The van der Waals surface area contributed by atoms with Gasteiger partial charge in [0, 0.05) is 11.3 Å². The molecule has 140 valence electrons. The van der Waals surface area contributed by atoms with Crippen molar-refractivity contribution < 1.29 is 17.9 Å². The van der Waals surface area contributed by atoms with Crippen molar-refractivity contribution >= 4 is 27.3 Å². The summed E-state index contributed by atoms with van der Waals surface area (Å²) in [7, 11) is -3.24. The molecular weight excluding hydrogens is 374 g/mol. The van der Waals surface area contributed by atoms with Gasteiger partial charge in [-0.25, -0.2) is 8.42 Å². The Balaban J connectivity index is 2.00. The average Bonchev–Trinajstić information content (AvgIpc) is 2.57. The number of carbonyl (C=O) groups is 1. The summed E-state index contributed by atoms with van der Waals surface area (Å²) in [6.07, 6.45) is 0.471. The predicted octanol–water partition coefficient (Wildman–Crippen LogP) is 3.70. The fraction of sp³-hybridized carbons (Fsp3) is 0.316. The molecule has 0 bridgehead atoms. The molecule has 0 saturated carbocycles. The second-order valence-electron chi connectivity index (χ2n) is 6.24. The number of hydrogen-bond donors (Lipinski definition) is 1. The Morgan fingerprint density at radius 1 is 1.12 bits per heavy atom. The Bertz CT molecular complexity index is 894. The van der Waals surface area contributed by atoms with Crippen LogP contribution in [0.2, 0.25) is 5.02 Å². The molecular formula is C19H22ClNO4S. The summed E-state index contributed by atoms with van der Waals surface area (Å²) in [6.45, 7) is 5.35. The van der Waals surface area contributed by atoms with Gasteiger partial charge >= 0.3 is 0 Å². The minimum absolute atomic E-state index is 0.245. The molecule has 2 rings (SSSR count). The highest BCUT2D eigenvalue weighted by Crippen LogP contribution is 2.22. The molecule has 0 spiro atoms. The monoisotopic (exact) mass is 395 g/mol. The number of halogens is 1. The molecule has 0 radical (unpaired) electrons. The number of aryl methyl sites for hydroxylation is 1. The molecule has 0 aliphatic rings. The van der Waals surface area contributed by atoms with Gasteiger partial charge in [0.2, 0.25) is 0 Å². The molecule has 5 nitrogen and oxygen atoms in total. The first-order valence-electron chi connectivity index (χ1n) is 8.11. The van der Waals surface area contributed by atoms with Crippen LogP contribution in [0.15, 0.2) is 47.4 Å². The van der Waals surface area contributed by atoms with E-state index in [9.17, 15) is 13.2 Å². The molecule has 26 heavy (non-hydrogen) atoms. The van der Waals surface area contributed by atoms with Gasteiger partial charge in [0.25, 0.3) is 5.91 Å². The van der Waals surface area contributed by atoms with Crippen molar-refractivity contribution in [3.63, 3.8) is 0 Å². The van der Waals surface area contributed by atoms with E-state index in [-0.39, 0.29) is 16.8 Å². The summed E-state index contributed by atoms with van der Waals surface area (Å²) < 4.78 is 28.7. The van der Waals surface area contributed by atoms with E-state index in [0.717, 1.165) is 17.4 Å². The van der Waals surface area contributed by atoms with Crippen LogP contribution < -0.4 is 10.1 Å². The summed E-state index contributed by atoms with van der Waals surface area (Å²) in [5.41, 5.74) is 1.68. The molecule has 0 aliphatic heterocycles. The number of benzene rings is 2. The SMILES string of the molecule is Cc1cc(O[C@@H](C)C(=O)N[C@@H](C)c2ccc(S(C)(=O)=O)cc2)ccc1Cl. The summed E-state index contributed by atoms with van der Waals surface area (Å²) >= 11 is 5.98. The quantitative estimate of drug-likeness (QED) is 0.809. The lowest BCUT2D eigenvalue weighted by Gasteiger charge is -2.19. The van der Waals surface area contributed by atoms with Crippen molar-refractivity contribution in [3.05, 3.63) is 58.6 Å². The molecule has 0 heterocycles. The van der Waals surface area contributed by atoms with E-state index in [1.165, 1.54) is 12.1 Å². The zero-order chi connectivity index (χ0) is 19.5. The van der Waals surface area contributed by atoms with Crippen LogP contribution in [0.4, 0.5) is 0 Å². The first kappa shape index (κ1) is 20.3. The molecule has 0 fully saturated rings. The van der Waals surface area contributed by atoms with Crippen molar-refractivity contribution in [2.45, 2.75) is 37.8 Å². The van der Waals surface area contributed by atoms with Gasteiger partial charge in [-0.2, -0.15) is 0 Å². The van der Waals surface area contributed by atoms with Crippen molar-refractivity contribution in [1.29, 1.82) is 0 Å². The van der Waals surface area contributed by atoms with E-state index in [1.807, 2.05) is 13.8 Å². The summed E-state index contributed by atoms with van der Waals surface area (Å²) in [4.78, 5) is 12.6. The third kappa shape index (κ3) is 5.22. The van der Waals surface area contributed by atoms with Crippen molar-refractivity contribution in [2.24, 2.45) is 0 Å². The number of ether oxygens (including phenoxy) is 1. The largest absolute Gasteiger partial charge is 0.481 e. The number of amides is 1. The molecule has 2 aromatic carbocycles. The lowest BCUT2D eigenvalue weighted by Crippen LogP contribution is -2.37. The van der Waals surface area contributed by atoms with Crippen LogP contribution >= 0.6 is 11.6 Å². The minimum atomic E-state index is -3.24. The Kier molecular flexibility index (Phi) is 6.31. The van der Waals surface area contributed by atoms with Crippen LogP contribution in [-0.2, 0) is 14.6 Å². The lowest BCUT2D eigenvalue weighted by atomic mass is 10.1. The van der Waals surface area contributed by atoms with E-state index >= 15 is 0 Å². The average molecular weight is 396 g/mol. The summed E-state index contributed by atoms with van der Waals surface area (Å²) in [5, 5.41) is 3.50. The van der Waals surface area contributed by atoms with Crippen LogP contribution in [0.1, 0.15) is 31.0 Å². The molecule has 1 amide bonds. The maximum Gasteiger partial charge on any atom is 0.261 e. The zero-order valence-electron chi connectivity index (χ0n) is 15.1. The Morgan fingerprint density at radius 3 is 2.27 bits per heavy atom.